The van der Waals surface area contributed by atoms with Crippen molar-refractivity contribution in [1.29, 1.82) is 0 Å². The molecule has 33 heavy (non-hydrogen) atoms. The minimum Gasteiger partial charge on any atom is -0.486 e. The number of aryl methyl sites for hydroxylation is 2. The molecule has 3 aromatic rings. The summed E-state index contributed by atoms with van der Waals surface area (Å²) < 4.78 is 5.84. The van der Waals surface area contributed by atoms with Gasteiger partial charge < -0.3 is 14.4 Å². The van der Waals surface area contributed by atoms with Crippen molar-refractivity contribution in [1.82, 2.24) is 0 Å². The monoisotopic (exact) mass is 458 g/mol. The Labute approximate surface area is 194 Å². The Morgan fingerprint density at radius 3 is 2.79 bits per heavy atom. The van der Waals surface area contributed by atoms with Crippen LogP contribution in [0, 0.1) is 6.57 Å². The molecule has 0 fully saturated rings. The summed E-state index contributed by atoms with van der Waals surface area (Å²) in [7, 11) is 0. The van der Waals surface area contributed by atoms with Crippen LogP contribution in [0.1, 0.15) is 39.3 Å². The number of aliphatic carboxylic acids is 1. The van der Waals surface area contributed by atoms with Gasteiger partial charge in [0.2, 0.25) is 0 Å². The number of allylic oxidation sites excluding steroid dienone is 1. The van der Waals surface area contributed by atoms with Gasteiger partial charge in [0, 0.05) is 45.0 Å². The van der Waals surface area contributed by atoms with Crippen LogP contribution < -0.4 is 10.5 Å². The number of carboxylic acids is 1. The molecule has 4 heterocycles. The molecule has 0 saturated heterocycles. The molecule has 0 atom stereocenters. The van der Waals surface area contributed by atoms with Crippen LogP contribution in [0.25, 0.3) is 28.0 Å². The van der Waals surface area contributed by atoms with Crippen molar-refractivity contribution in [3.8, 4) is 0 Å². The van der Waals surface area contributed by atoms with Gasteiger partial charge in [-0.25, -0.2) is 9.64 Å². The predicted octanol–water partition coefficient (Wildman–Crippen LogP) is 5.15. The molecule has 0 aliphatic carbocycles. The van der Waals surface area contributed by atoms with Crippen molar-refractivity contribution in [2.75, 3.05) is 18.0 Å². The molecule has 2 aromatic heterocycles. The molecule has 7 heteroatoms. The van der Waals surface area contributed by atoms with Gasteiger partial charge in [-0.3, -0.25) is 4.79 Å². The molecule has 6 nitrogen and oxygen atoms in total. The number of nitrogens with zero attached hydrogens (tertiary/aromatic N) is 2. The number of carbonyl (C=O) groups is 1. The minimum atomic E-state index is -1.23. The van der Waals surface area contributed by atoms with E-state index in [0.29, 0.717) is 16.9 Å². The lowest BCUT2D eigenvalue weighted by molar-refractivity contribution is -0.132. The highest BCUT2D eigenvalue weighted by molar-refractivity contribution is 7.13. The van der Waals surface area contributed by atoms with Crippen LogP contribution >= 0.6 is 11.3 Å². The SMILES string of the molecule is [C-]#[N+]/C(=C\c1ccc(/C=C/Cc2cc3cc4c5c(c3oc2=O)CCCN5CCC4)s1)C(=O)O. The average Bonchev–Trinajstić information content (AvgIpc) is 3.26. The van der Waals surface area contributed by atoms with E-state index in [1.54, 1.807) is 6.07 Å². The first-order chi connectivity index (χ1) is 16.0. The van der Waals surface area contributed by atoms with Gasteiger partial charge in [-0.15, -0.1) is 11.3 Å². The predicted molar refractivity (Wildman–Crippen MR) is 131 cm³/mol. The molecule has 5 rings (SSSR count). The van der Waals surface area contributed by atoms with E-state index in [-0.39, 0.29) is 11.3 Å². The number of hydrogen-bond donors (Lipinski definition) is 1. The summed E-state index contributed by atoms with van der Waals surface area (Å²) in [5, 5.41) is 9.99. The summed E-state index contributed by atoms with van der Waals surface area (Å²) in [4.78, 5) is 30.8. The molecule has 1 aromatic carbocycles. The van der Waals surface area contributed by atoms with E-state index >= 15 is 0 Å². The number of anilines is 1. The Kier molecular flexibility index (Phi) is 5.61. The zero-order valence-electron chi connectivity index (χ0n) is 18.0. The number of benzene rings is 1. The van der Waals surface area contributed by atoms with E-state index in [1.165, 1.54) is 34.2 Å². The van der Waals surface area contributed by atoms with Crippen molar-refractivity contribution < 1.29 is 14.3 Å². The fraction of sp³-hybridized carbons (Fsp3) is 0.269. The quantitative estimate of drug-likeness (QED) is 0.325. The minimum absolute atomic E-state index is 0.297. The summed E-state index contributed by atoms with van der Waals surface area (Å²) in [6, 6.07) is 7.80. The number of hydrogen-bond acceptors (Lipinski definition) is 5. The van der Waals surface area contributed by atoms with Gasteiger partial charge in [0.25, 0.3) is 5.70 Å². The summed E-state index contributed by atoms with van der Waals surface area (Å²) >= 11 is 1.39. The Bertz CT molecular complexity index is 1420. The largest absolute Gasteiger partial charge is 0.486 e. The van der Waals surface area contributed by atoms with Gasteiger partial charge in [-0.2, -0.15) is 0 Å². The van der Waals surface area contributed by atoms with Gasteiger partial charge in [0.05, 0.1) is 6.57 Å². The number of fused-ring (bicyclic) bond motifs is 2. The maximum absolute atomic E-state index is 12.7. The van der Waals surface area contributed by atoms with Crippen molar-refractivity contribution in [3.63, 3.8) is 0 Å². The molecule has 166 valence electrons. The van der Waals surface area contributed by atoms with Gasteiger partial charge in [0.1, 0.15) is 5.58 Å². The second-order valence-electron chi connectivity index (χ2n) is 8.33. The topological polar surface area (TPSA) is 75.1 Å². The summed E-state index contributed by atoms with van der Waals surface area (Å²) in [6.07, 6.45) is 9.88. The van der Waals surface area contributed by atoms with Crippen molar-refractivity contribution in [2.24, 2.45) is 0 Å². The second kappa shape index (κ2) is 8.72. The fourth-order valence-electron chi connectivity index (χ4n) is 4.75. The van der Waals surface area contributed by atoms with E-state index in [4.69, 9.17) is 16.1 Å². The highest BCUT2D eigenvalue weighted by Gasteiger charge is 2.27. The van der Waals surface area contributed by atoms with Crippen LogP contribution in [-0.2, 0) is 24.1 Å². The lowest BCUT2D eigenvalue weighted by Crippen LogP contribution is -2.34. The molecule has 0 spiro atoms. The van der Waals surface area contributed by atoms with Gasteiger partial charge in [-0.05, 0) is 74.1 Å². The van der Waals surface area contributed by atoms with Gasteiger partial charge in [-0.1, -0.05) is 6.08 Å². The molecule has 0 radical (unpaired) electrons. The Morgan fingerprint density at radius 2 is 2.00 bits per heavy atom. The second-order valence-corrected chi connectivity index (χ2v) is 9.47. The average molecular weight is 459 g/mol. The van der Waals surface area contributed by atoms with E-state index in [2.05, 4.69) is 15.8 Å². The van der Waals surface area contributed by atoms with Crippen molar-refractivity contribution >= 4 is 46.1 Å². The first kappa shape index (κ1) is 21.2. The van der Waals surface area contributed by atoms with E-state index < -0.39 is 5.97 Å². The molecule has 0 saturated carbocycles. The Hall–Kier alpha value is -3.63. The Morgan fingerprint density at radius 1 is 1.21 bits per heavy atom. The summed E-state index contributed by atoms with van der Waals surface area (Å²) in [5.41, 5.74) is 4.58. The lowest BCUT2D eigenvalue weighted by Gasteiger charge is -2.37. The number of rotatable bonds is 5. The third-order valence-electron chi connectivity index (χ3n) is 6.17. The van der Waals surface area contributed by atoms with Crippen LogP contribution in [0.5, 0.6) is 0 Å². The first-order valence-corrected chi connectivity index (χ1v) is 11.8. The molecule has 2 aliphatic heterocycles. The van der Waals surface area contributed by atoms with Crippen molar-refractivity contribution in [2.45, 2.75) is 32.1 Å². The third kappa shape index (κ3) is 4.10. The van der Waals surface area contributed by atoms with E-state index in [1.807, 2.05) is 24.3 Å². The molecule has 0 unspecified atom stereocenters. The maximum atomic E-state index is 12.7. The molecule has 0 bridgehead atoms. The first-order valence-electron chi connectivity index (χ1n) is 11.0. The highest BCUT2D eigenvalue weighted by atomic mass is 32.1. The van der Waals surface area contributed by atoms with Crippen LogP contribution in [-0.4, -0.2) is 24.2 Å². The molecular weight excluding hydrogens is 436 g/mol. The smallest absolute Gasteiger partial charge is 0.339 e. The van der Waals surface area contributed by atoms with Crippen LogP contribution in [0.4, 0.5) is 5.69 Å². The van der Waals surface area contributed by atoms with E-state index in [9.17, 15) is 9.59 Å². The zero-order valence-corrected chi connectivity index (χ0v) is 18.8. The molecule has 2 aliphatic rings. The normalized spacial score (nSPS) is 15.6. The summed E-state index contributed by atoms with van der Waals surface area (Å²) in [5.74, 6) is -1.23. The molecule has 0 amide bonds. The third-order valence-corrected chi connectivity index (χ3v) is 7.17. The maximum Gasteiger partial charge on any atom is 0.339 e. The zero-order chi connectivity index (χ0) is 22.9. The highest BCUT2D eigenvalue weighted by Crippen LogP contribution is 2.39. The Balaban J connectivity index is 1.40. The number of carboxylic acid groups (broad SMARTS) is 1. The fourth-order valence-corrected chi connectivity index (χ4v) is 5.62. The van der Waals surface area contributed by atoms with E-state index in [0.717, 1.165) is 54.6 Å². The van der Waals surface area contributed by atoms with Crippen molar-refractivity contribution in [3.05, 3.63) is 84.3 Å². The lowest BCUT2D eigenvalue weighted by atomic mass is 9.90. The summed E-state index contributed by atoms with van der Waals surface area (Å²) in [6.45, 7) is 9.10. The van der Waals surface area contributed by atoms with Gasteiger partial charge >= 0.3 is 11.6 Å². The van der Waals surface area contributed by atoms with Crippen LogP contribution in [0.15, 0.2) is 45.3 Å². The molecule has 1 N–H and O–H groups in total. The van der Waals surface area contributed by atoms with Crippen LogP contribution in [0.3, 0.4) is 0 Å². The molecular formula is C26H22N2O4S. The standard InChI is InChI=1S/C26H22N2O4S/c1-27-22(25(29)30)15-20-10-9-19(33-20)7-2-5-17-14-18-13-16-6-3-11-28-12-4-8-21(23(16)28)24(18)32-26(17)31/h2,7,9-10,13-15H,3-6,8,11-12H2,(H,29,30)/b7-2+,22-15-. The van der Waals surface area contributed by atoms with Gasteiger partial charge in [0.15, 0.2) is 0 Å². The van der Waals surface area contributed by atoms with Crippen LogP contribution in [0.2, 0.25) is 0 Å². The number of thiophene rings is 1.